The molecule has 2 rings (SSSR count). The maximum absolute atomic E-state index is 5.98. The van der Waals surface area contributed by atoms with Gasteiger partial charge in [-0.25, -0.2) is 0 Å². The molecule has 1 radical (unpaired) electrons. The fraction of sp³-hybridized carbons (Fsp3) is 0.278. The van der Waals surface area contributed by atoms with E-state index in [9.17, 15) is 0 Å². The first-order valence-electron chi connectivity index (χ1n) is 6.66. The largest absolute Gasteiger partial charge is 0.489 e. The summed E-state index contributed by atoms with van der Waals surface area (Å²) in [6.45, 7) is 9.06. The zero-order valence-corrected chi connectivity index (χ0v) is 12.2. The predicted octanol–water partition coefficient (Wildman–Crippen LogP) is 4.84. The molecule has 1 nitrogen and oxygen atoms in total. The normalized spacial score (nSPS) is 10.8. The van der Waals surface area contributed by atoms with Gasteiger partial charge in [0, 0.05) is 0 Å². The van der Waals surface area contributed by atoms with E-state index < -0.39 is 0 Å². The van der Waals surface area contributed by atoms with Gasteiger partial charge in [0.05, 0.1) is 0 Å². The number of ether oxygens (including phenoxy) is 1. The average Bonchev–Trinajstić information content (AvgIpc) is 2.40. The van der Waals surface area contributed by atoms with Gasteiger partial charge in [-0.05, 0) is 48.1 Å². The lowest BCUT2D eigenvalue weighted by Gasteiger charge is -2.14. The average molecular weight is 253 g/mol. The van der Waals surface area contributed by atoms with Gasteiger partial charge in [0.25, 0.3) is 0 Å². The molecule has 99 valence electrons. The van der Waals surface area contributed by atoms with E-state index in [1.807, 2.05) is 0 Å². The van der Waals surface area contributed by atoms with Crippen LogP contribution in [0, 0.1) is 19.8 Å². The fourth-order valence-corrected chi connectivity index (χ4v) is 2.15. The van der Waals surface area contributed by atoms with Crippen molar-refractivity contribution in [3.05, 3.63) is 70.6 Å². The second-order valence-corrected chi connectivity index (χ2v) is 5.21. The summed E-state index contributed by atoms with van der Waals surface area (Å²) >= 11 is 0. The highest BCUT2D eigenvalue weighted by Gasteiger charge is 2.07. The van der Waals surface area contributed by atoms with Crippen molar-refractivity contribution in [3.63, 3.8) is 0 Å². The molecule has 0 fully saturated rings. The Balaban J connectivity index is 2.17. The Morgan fingerprint density at radius 3 is 2.47 bits per heavy atom. The van der Waals surface area contributed by atoms with Gasteiger partial charge in [0.1, 0.15) is 12.4 Å². The van der Waals surface area contributed by atoms with E-state index in [-0.39, 0.29) is 0 Å². The molecule has 0 bridgehead atoms. The monoisotopic (exact) mass is 253 g/mol. The van der Waals surface area contributed by atoms with Gasteiger partial charge < -0.3 is 4.74 Å². The Morgan fingerprint density at radius 2 is 1.74 bits per heavy atom. The SMILES string of the molecule is C[C](C)c1ccccc1COc1cc(C)ccc1C. The second-order valence-electron chi connectivity index (χ2n) is 5.21. The second kappa shape index (κ2) is 5.92. The Kier molecular flexibility index (Phi) is 4.26. The number of aryl methyl sites for hydroxylation is 2. The molecule has 0 amide bonds. The summed E-state index contributed by atoms with van der Waals surface area (Å²) in [5, 5.41) is 0. The van der Waals surface area contributed by atoms with Crippen molar-refractivity contribution in [1.82, 2.24) is 0 Å². The van der Waals surface area contributed by atoms with E-state index in [0.717, 1.165) is 5.75 Å². The molecule has 0 spiro atoms. The molecule has 0 heterocycles. The first kappa shape index (κ1) is 13.7. The molecule has 0 aliphatic heterocycles. The molecule has 0 saturated carbocycles. The van der Waals surface area contributed by atoms with Crippen LogP contribution in [-0.4, -0.2) is 0 Å². The third-order valence-corrected chi connectivity index (χ3v) is 3.28. The summed E-state index contributed by atoms with van der Waals surface area (Å²) < 4.78 is 5.98. The van der Waals surface area contributed by atoms with E-state index in [0.29, 0.717) is 6.61 Å². The Hall–Kier alpha value is -1.76. The van der Waals surface area contributed by atoms with Gasteiger partial charge in [-0.15, -0.1) is 0 Å². The summed E-state index contributed by atoms with van der Waals surface area (Å²) in [7, 11) is 0. The van der Waals surface area contributed by atoms with Crippen LogP contribution in [0.3, 0.4) is 0 Å². The van der Waals surface area contributed by atoms with Crippen LogP contribution in [0.5, 0.6) is 5.75 Å². The minimum atomic E-state index is 0.617. The molecular weight excluding hydrogens is 232 g/mol. The van der Waals surface area contributed by atoms with Gasteiger partial charge in [-0.2, -0.15) is 0 Å². The van der Waals surface area contributed by atoms with Crippen LogP contribution in [0.15, 0.2) is 42.5 Å². The van der Waals surface area contributed by atoms with E-state index in [2.05, 4.69) is 70.2 Å². The lowest BCUT2D eigenvalue weighted by Crippen LogP contribution is -2.02. The van der Waals surface area contributed by atoms with Crippen molar-refractivity contribution >= 4 is 0 Å². The van der Waals surface area contributed by atoms with Crippen molar-refractivity contribution in [1.29, 1.82) is 0 Å². The van der Waals surface area contributed by atoms with Crippen LogP contribution in [0.2, 0.25) is 0 Å². The summed E-state index contributed by atoms with van der Waals surface area (Å²) in [5.74, 6) is 2.30. The van der Waals surface area contributed by atoms with Gasteiger partial charge in [-0.1, -0.05) is 50.2 Å². The smallest absolute Gasteiger partial charge is 0.122 e. The van der Waals surface area contributed by atoms with Crippen molar-refractivity contribution in [2.45, 2.75) is 34.3 Å². The zero-order chi connectivity index (χ0) is 13.8. The third kappa shape index (κ3) is 3.37. The van der Waals surface area contributed by atoms with E-state index in [1.165, 1.54) is 28.2 Å². The number of hydrogen-bond acceptors (Lipinski definition) is 1. The van der Waals surface area contributed by atoms with Gasteiger partial charge in [-0.3, -0.25) is 0 Å². The van der Waals surface area contributed by atoms with Crippen molar-refractivity contribution < 1.29 is 4.74 Å². The topological polar surface area (TPSA) is 9.23 Å². The van der Waals surface area contributed by atoms with Crippen LogP contribution in [0.25, 0.3) is 0 Å². The first-order valence-corrected chi connectivity index (χ1v) is 6.66. The minimum Gasteiger partial charge on any atom is -0.489 e. The standard InChI is InChI=1S/C18H21O/c1-13(2)17-8-6-5-7-16(17)12-19-18-11-14(3)9-10-15(18)4/h5-11H,12H2,1-4H3. The Bertz CT molecular complexity index is 555. The summed E-state index contributed by atoms with van der Waals surface area (Å²) in [6.07, 6.45) is 0. The van der Waals surface area contributed by atoms with Gasteiger partial charge >= 0.3 is 0 Å². The third-order valence-electron chi connectivity index (χ3n) is 3.28. The molecule has 0 saturated heterocycles. The van der Waals surface area contributed by atoms with Crippen LogP contribution in [0.1, 0.15) is 36.1 Å². The molecule has 0 aliphatic rings. The number of hydrogen-bond donors (Lipinski definition) is 0. The molecule has 2 aromatic carbocycles. The van der Waals surface area contributed by atoms with Gasteiger partial charge in [0.15, 0.2) is 0 Å². The fourth-order valence-electron chi connectivity index (χ4n) is 2.15. The molecule has 0 N–H and O–H groups in total. The van der Waals surface area contributed by atoms with E-state index in [1.54, 1.807) is 0 Å². The summed E-state index contributed by atoms with van der Waals surface area (Å²) in [5.41, 5.74) is 4.93. The maximum Gasteiger partial charge on any atom is 0.122 e. The lowest BCUT2D eigenvalue weighted by molar-refractivity contribution is 0.303. The summed E-state index contributed by atoms with van der Waals surface area (Å²) in [4.78, 5) is 0. The number of benzene rings is 2. The predicted molar refractivity (Wildman–Crippen MR) is 80.4 cm³/mol. The Morgan fingerprint density at radius 1 is 1.00 bits per heavy atom. The highest BCUT2D eigenvalue weighted by Crippen LogP contribution is 2.23. The summed E-state index contributed by atoms with van der Waals surface area (Å²) in [6, 6.07) is 14.7. The molecule has 19 heavy (non-hydrogen) atoms. The van der Waals surface area contributed by atoms with Crippen LogP contribution < -0.4 is 4.74 Å². The zero-order valence-electron chi connectivity index (χ0n) is 12.2. The first-order chi connectivity index (χ1) is 9.08. The maximum atomic E-state index is 5.98. The number of rotatable bonds is 4. The molecule has 0 aromatic heterocycles. The molecule has 1 heteroatoms. The molecule has 2 aromatic rings. The Labute approximate surface area is 116 Å². The highest BCUT2D eigenvalue weighted by molar-refractivity contribution is 5.39. The van der Waals surface area contributed by atoms with Crippen molar-refractivity contribution in [2.75, 3.05) is 0 Å². The molecular formula is C18H21O. The highest BCUT2D eigenvalue weighted by atomic mass is 16.5. The minimum absolute atomic E-state index is 0.617. The molecule has 0 unspecified atom stereocenters. The van der Waals surface area contributed by atoms with Gasteiger partial charge in [0.2, 0.25) is 0 Å². The van der Waals surface area contributed by atoms with Crippen molar-refractivity contribution in [2.24, 2.45) is 0 Å². The van der Waals surface area contributed by atoms with Crippen LogP contribution in [-0.2, 0) is 6.61 Å². The van der Waals surface area contributed by atoms with E-state index >= 15 is 0 Å². The lowest BCUT2D eigenvalue weighted by atomic mass is 9.98. The van der Waals surface area contributed by atoms with E-state index in [4.69, 9.17) is 4.74 Å². The van der Waals surface area contributed by atoms with Crippen molar-refractivity contribution in [3.8, 4) is 5.75 Å². The molecule has 0 aliphatic carbocycles. The molecule has 0 atom stereocenters. The van der Waals surface area contributed by atoms with Crippen LogP contribution >= 0.6 is 0 Å². The quantitative estimate of drug-likeness (QED) is 0.757. The van der Waals surface area contributed by atoms with Crippen LogP contribution in [0.4, 0.5) is 0 Å².